The maximum Gasteiger partial charge on any atom is 0.136 e. The van der Waals surface area contributed by atoms with Crippen LogP contribution in [0.1, 0.15) is 64.4 Å². The molecule has 5 rings (SSSR count). The first-order valence-electron chi connectivity index (χ1n) is 8.58. The van der Waals surface area contributed by atoms with Crippen LogP contribution in [0.3, 0.4) is 0 Å². The van der Waals surface area contributed by atoms with E-state index >= 15 is 0 Å². The maximum atomic E-state index is 12.5. The molecule has 4 fully saturated rings. The first-order chi connectivity index (χ1) is 10.0. The summed E-state index contributed by atoms with van der Waals surface area (Å²) in [7, 11) is 0. The average Bonchev–Trinajstić information content (AvgIpc) is 2.47. The third-order valence-corrected chi connectivity index (χ3v) is 7.07. The molecule has 21 heavy (non-hydrogen) atoms. The third-order valence-electron chi connectivity index (χ3n) is 7.07. The molecule has 4 atom stereocenters. The summed E-state index contributed by atoms with van der Waals surface area (Å²) in [4.78, 5) is 12.5. The van der Waals surface area contributed by atoms with Crippen molar-refractivity contribution in [1.82, 2.24) is 0 Å². The molecule has 4 bridgehead atoms. The van der Waals surface area contributed by atoms with Gasteiger partial charge in [0.2, 0.25) is 0 Å². The van der Waals surface area contributed by atoms with E-state index in [1.807, 2.05) is 6.92 Å². The van der Waals surface area contributed by atoms with E-state index in [1.54, 1.807) is 0 Å². The fourth-order valence-electron chi connectivity index (χ4n) is 6.54. The van der Waals surface area contributed by atoms with Crippen molar-refractivity contribution in [3.05, 3.63) is 35.9 Å². The number of carbonyl (C=O) groups excluding carboxylic acids is 1. The molecule has 0 N–H and O–H groups in total. The molecule has 1 aromatic rings. The zero-order chi connectivity index (χ0) is 14.7. The highest BCUT2D eigenvalue weighted by Crippen LogP contribution is 2.71. The van der Waals surface area contributed by atoms with Gasteiger partial charge < -0.3 is 0 Å². The Hall–Kier alpha value is -1.11. The molecule has 0 aliphatic heterocycles. The number of hydrogen-bond acceptors (Lipinski definition) is 1. The molecule has 4 saturated carbocycles. The molecule has 0 saturated heterocycles. The van der Waals surface area contributed by atoms with Crippen molar-refractivity contribution < 1.29 is 4.79 Å². The molecule has 4 aliphatic carbocycles. The van der Waals surface area contributed by atoms with Crippen LogP contribution in [0, 0.1) is 16.7 Å². The normalized spacial score (nSPS) is 44.0. The Kier molecular flexibility index (Phi) is 2.72. The molecule has 2 unspecified atom stereocenters. The van der Waals surface area contributed by atoms with Gasteiger partial charge in [0.25, 0.3) is 0 Å². The molecule has 1 aromatic carbocycles. The first-order valence-corrected chi connectivity index (χ1v) is 8.58. The summed E-state index contributed by atoms with van der Waals surface area (Å²) >= 11 is 0. The summed E-state index contributed by atoms with van der Waals surface area (Å²) in [5, 5.41) is 0. The largest absolute Gasteiger partial charge is 0.299 e. The molecule has 1 heteroatoms. The second-order valence-electron chi connectivity index (χ2n) is 8.35. The Morgan fingerprint density at radius 2 is 1.86 bits per heavy atom. The highest BCUT2D eigenvalue weighted by atomic mass is 16.1. The van der Waals surface area contributed by atoms with Gasteiger partial charge in [-0.25, -0.2) is 0 Å². The molecule has 0 radical (unpaired) electrons. The van der Waals surface area contributed by atoms with E-state index in [-0.39, 0.29) is 10.8 Å². The van der Waals surface area contributed by atoms with E-state index in [9.17, 15) is 4.79 Å². The van der Waals surface area contributed by atoms with Crippen LogP contribution >= 0.6 is 0 Å². The molecule has 0 spiro atoms. The van der Waals surface area contributed by atoms with Gasteiger partial charge in [-0.1, -0.05) is 43.7 Å². The van der Waals surface area contributed by atoms with Crippen LogP contribution < -0.4 is 0 Å². The van der Waals surface area contributed by atoms with Crippen molar-refractivity contribution >= 4 is 5.78 Å². The van der Waals surface area contributed by atoms with Crippen LogP contribution in [0.15, 0.2) is 30.3 Å². The molecule has 0 aromatic heterocycles. The summed E-state index contributed by atoms with van der Waals surface area (Å²) in [5.41, 5.74) is 2.20. The van der Waals surface area contributed by atoms with Crippen LogP contribution in [0.5, 0.6) is 0 Å². The lowest BCUT2D eigenvalue weighted by Crippen LogP contribution is -2.60. The number of benzene rings is 1. The van der Waals surface area contributed by atoms with Gasteiger partial charge in [0, 0.05) is 5.41 Å². The van der Waals surface area contributed by atoms with Crippen LogP contribution in [0.25, 0.3) is 0 Å². The van der Waals surface area contributed by atoms with Crippen LogP contribution in [-0.4, -0.2) is 5.78 Å². The molecule has 0 heterocycles. The van der Waals surface area contributed by atoms with Crippen LogP contribution in [-0.2, 0) is 10.2 Å². The topological polar surface area (TPSA) is 17.1 Å². The maximum absolute atomic E-state index is 12.5. The second kappa shape index (κ2) is 4.21. The molecule has 1 nitrogen and oxygen atoms in total. The lowest BCUT2D eigenvalue weighted by Gasteiger charge is -2.66. The van der Waals surface area contributed by atoms with Crippen molar-refractivity contribution in [1.29, 1.82) is 0 Å². The number of carbonyl (C=O) groups is 1. The fourth-order valence-corrected chi connectivity index (χ4v) is 6.54. The third kappa shape index (κ3) is 1.79. The van der Waals surface area contributed by atoms with Crippen LogP contribution in [0.2, 0.25) is 0 Å². The van der Waals surface area contributed by atoms with Crippen molar-refractivity contribution in [3.8, 4) is 0 Å². The van der Waals surface area contributed by atoms with Crippen molar-refractivity contribution in [3.63, 3.8) is 0 Å². The monoisotopic (exact) mass is 282 g/mol. The van der Waals surface area contributed by atoms with Crippen LogP contribution in [0.4, 0.5) is 0 Å². The van der Waals surface area contributed by atoms with E-state index in [4.69, 9.17) is 0 Å². The molecule has 112 valence electrons. The lowest BCUT2D eigenvalue weighted by molar-refractivity contribution is -0.159. The molecular weight excluding hydrogens is 256 g/mol. The van der Waals surface area contributed by atoms with Gasteiger partial charge in [0.1, 0.15) is 5.78 Å². The summed E-state index contributed by atoms with van der Waals surface area (Å²) < 4.78 is 0. The number of Topliss-reactive ketones (excluding diaryl/α,β-unsaturated/α-hetero) is 1. The van der Waals surface area contributed by atoms with Gasteiger partial charge in [-0.2, -0.15) is 0 Å². The summed E-state index contributed by atoms with van der Waals surface area (Å²) in [5.74, 6) is 1.23. The summed E-state index contributed by atoms with van der Waals surface area (Å²) in [6.45, 7) is 4.20. The van der Waals surface area contributed by atoms with Gasteiger partial charge >= 0.3 is 0 Å². The van der Waals surface area contributed by atoms with E-state index in [2.05, 4.69) is 37.3 Å². The van der Waals surface area contributed by atoms with Crippen molar-refractivity contribution in [2.75, 3.05) is 0 Å². The Morgan fingerprint density at radius 3 is 2.52 bits per heavy atom. The predicted molar refractivity (Wildman–Crippen MR) is 85.2 cm³/mol. The van der Waals surface area contributed by atoms with Gasteiger partial charge in [0.15, 0.2) is 0 Å². The van der Waals surface area contributed by atoms with E-state index in [1.165, 1.54) is 37.7 Å². The standard InChI is InChI=1S/C20H26O/c1-3-18-9-16-10-19(12-18,15(2)21)14-20(11-16,13-18)17-7-5-4-6-8-17/h4-8,16H,3,9-14H2,1-2H3/t16?,18-,19?,20+/m1/s1. The summed E-state index contributed by atoms with van der Waals surface area (Å²) in [6, 6.07) is 11.1. The number of hydrogen-bond donors (Lipinski definition) is 0. The second-order valence-corrected chi connectivity index (χ2v) is 8.35. The summed E-state index contributed by atoms with van der Waals surface area (Å²) in [6.07, 6.45) is 8.67. The van der Waals surface area contributed by atoms with E-state index in [0.717, 1.165) is 18.8 Å². The minimum absolute atomic E-state index is 0.00866. The quantitative estimate of drug-likeness (QED) is 0.771. The Balaban J connectivity index is 1.85. The van der Waals surface area contributed by atoms with E-state index < -0.39 is 0 Å². The average molecular weight is 282 g/mol. The van der Waals surface area contributed by atoms with Gasteiger partial charge in [-0.15, -0.1) is 0 Å². The fraction of sp³-hybridized carbons (Fsp3) is 0.650. The number of rotatable bonds is 3. The Morgan fingerprint density at radius 1 is 1.10 bits per heavy atom. The lowest BCUT2D eigenvalue weighted by atomic mass is 9.37. The SMILES string of the molecule is CC[C@@]12CC3CC(C(C)=O)(C1)C[C@](c1ccccc1)(C3)C2. The molecular formula is C20H26O. The predicted octanol–water partition coefficient (Wildman–Crippen LogP) is 4.89. The molecule has 4 aliphatic rings. The zero-order valence-corrected chi connectivity index (χ0v) is 13.3. The minimum Gasteiger partial charge on any atom is -0.299 e. The highest BCUT2D eigenvalue weighted by Gasteiger charge is 2.64. The molecule has 0 amide bonds. The number of ketones is 1. The first kappa shape index (κ1) is 13.5. The van der Waals surface area contributed by atoms with Gasteiger partial charge in [-0.3, -0.25) is 4.79 Å². The van der Waals surface area contributed by atoms with E-state index in [0.29, 0.717) is 11.2 Å². The Bertz CT molecular complexity index is 577. The zero-order valence-electron chi connectivity index (χ0n) is 13.3. The van der Waals surface area contributed by atoms with Gasteiger partial charge in [-0.05, 0) is 67.8 Å². The highest BCUT2D eigenvalue weighted by molar-refractivity contribution is 5.83. The van der Waals surface area contributed by atoms with Crippen molar-refractivity contribution in [2.45, 2.75) is 64.2 Å². The Labute approximate surface area is 128 Å². The minimum atomic E-state index is -0.00866. The smallest absolute Gasteiger partial charge is 0.136 e. The van der Waals surface area contributed by atoms with Gasteiger partial charge in [0.05, 0.1) is 0 Å². The van der Waals surface area contributed by atoms with Crippen molar-refractivity contribution in [2.24, 2.45) is 16.7 Å².